The van der Waals surface area contributed by atoms with Crippen molar-refractivity contribution in [3.05, 3.63) is 33.4 Å². The van der Waals surface area contributed by atoms with Crippen molar-refractivity contribution in [2.24, 2.45) is 0 Å². The van der Waals surface area contributed by atoms with Gasteiger partial charge in [0.1, 0.15) is 0 Å². The molecule has 0 spiro atoms. The normalized spacial score (nSPS) is 10.4. The molecule has 0 unspecified atom stereocenters. The molecule has 0 aromatic heterocycles. The van der Waals surface area contributed by atoms with E-state index in [0.29, 0.717) is 0 Å². The van der Waals surface area contributed by atoms with Gasteiger partial charge in [0.15, 0.2) is 0 Å². The van der Waals surface area contributed by atoms with E-state index in [1.54, 1.807) is 6.07 Å². The molecule has 0 radical (unpaired) electrons. The van der Waals surface area contributed by atoms with Gasteiger partial charge in [0, 0.05) is 8.82 Å². The van der Waals surface area contributed by atoms with Gasteiger partial charge in [-0.15, -0.1) is 0 Å². The van der Waals surface area contributed by atoms with Crippen molar-refractivity contribution in [3.63, 3.8) is 0 Å². The second-order valence-corrected chi connectivity index (χ2v) is 5.59. The number of benzene rings is 1. The number of rotatable bonds is 2. The summed E-state index contributed by atoms with van der Waals surface area (Å²) in [6.45, 7) is 1.52. The van der Waals surface area contributed by atoms with E-state index in [1.165, 1.54) is 6.92 Å². The zero-order chi connectivity index (χ0) is 10.6. The maximum absolute atomic E-state index is 11.4. The van der Waals surface area contributed by atoms with Crippen molar-refractivity contribution < 1.29 is 8.42 Å². The van der Waals surface area contributed by atoms with Crippen LogP contribution in [-0.4, -0.2) is 8.42 Å². The topological polar surface area (TPSA) is 34.1 Å². The summed E-state index contributed by atoms with van der Waals surface area (Å²) in [6, 6.07) is 7.39. The van der Waals surface area contributed by atoms with Crippen molar-refractivity contribution in [3.8, 4) is 11.2 Å². The predicted molar refractivity (Wildman–Crippen MR) is 65.2 cm³/mol. The van der Waals surface area contributed by atoms with Crippen LogP contribution in [0.25, 0.3) is 0 Å². The molecule has 4 heteroatoms. The van der Waals surface area contributed by atoms with Crippen LogP contribution in [0.1, 0.15) is 12.5 Å². The van der Waals surface area contributed by atoms with Gasteiger partial charge in [-0.2, -0.15) is 0 Å². The lowest BCUT2D eigenvalue weighted by atomic mass is 10.2. The van der Waals surface area contributed by atoms with Gasteiger partial charge < -0.3 is 0 Å². The Morgan fingerprint density at radius 1 is 1.36 bits per heavy atom. The van der Waals surface area contributed by atoms with Crippen LogP contribution in [0, 0.1) is 14.7 Å². The first-order valence-corrected chi connectivity index (χ1v) is 6.68. The molecule has 0 N–H and O–H groups in total. The van der Waals surface area contributed by atoms with Crippen LogP contribution in [0.2, 0.25) is 0 Å². The average Bonchev–Trinajstić information content (AvgIpc) is 2.08. The van der Waals surface area contributed by atoms with Crippen LogP contribution < -0.4 is 0 Å². The third-order valence-corrected chi connectivity index (χ3v) is 3.82. The molecule has 0 aliphatic heterocycles. The summed E-state index contributed by atoms with van der Waals surface area (Å²) in [5, 5.41) is 2.22. The fraction of sp³-hybridized carbons (Fsp3) is 0.200. The van der Waals surface area contributed by atoms with E-state index < -0.39 is 9.84 Å². The highest BCUT2D eigenvalue weighted by Crippen LogP contribution is 2.14. The SMILES string of the molecule is CC#CS(=O)(=O)Cc1ccccc1I. The fourth-order valence-corrected chi connectivity index (χ4v) is 2.89. The third kappa shape index (κ3) is 3.31. The van der Waals surface area contributed by atoms with E-state index in [1.807, 2.05) is 18.2 Å². The lowest BCUT2D eigenvalue weighted by molar-refractivity contribution is 0.605. The van der Waals surface area contributed by atoms with E-state index >= 15 is 0 Å². The molecule has 0 fully saturated rings. The van der Waals surface area contributed by atoms with E-state index in [2.05, 4.69) is 33.8 Å². The minimum absolute atomic E-state index is 0.00699. The summed E-state index contributed by atoms with van der Waals surface area (Å²) in [5.41, 5.74) is 0.802. The van der Waals surface area contributed by atoms with Gasteiger partial charge in [0.2, 0.25) is 9.84 Å². The van der Waals surface area contributed by atoms with E-state index in [4.69, 9.17) is 0 Å². The van der Waals surface area contributed by atoms with Crippen molar-refractivity contribution in [1.82, 2.24) is 0 Å². The summed E-state index contributed by atoms with van der Waals surface area (Å²) >= 11 is 2.12. The smallest absolute Gasteiger partial charge is 0.215 e. The Balaban J connectivity index is 2.99. The number of halogens is 1. The summed E-state index contributed by atoms with van der Waals surface area (Å²) in [5.74, 6) is 2.40. The molecule has 0 heterocycles. The highest BCUT2D eigenvalue weighted by molar-refractivity contribution is 14.1. The zero-order valence-electron chi connectivity index (χ0n) is 7.62. The van der Waals surface area contributed by atoms with Crippen molar-refractivity contribution >= 4 is 32.4 Å². The Morgan fingerprint density at radius 2 is 2.00 bits per heavy atom. The molecule has 1 aromatic carbocycles. The first-order chi connectivity index (χ1) is 6.55. The minimum Gasteiger partial charge on any atom is -0.215 e. The van der Waals surface area contributed by atoms with Crippen molar-refractivity contribution in [2.75, 3.05) is 0 Å². The van der Waals surface area contributed by atoms with Gasteiger partial charge in [-0.05, 0) is 41.1 Å². The predicted octanol–water partition coefficient (Wildman–Crippen LogP) is 2.19. The highest BCUT2D eigenvalue weighted by Gasteiger charge is 2.09. The molecule has 2 nitrogen and oxygen atoms in total. The molecule has 0 saturated carbocycles. The first kappa shape index (κ1) is 11.5. The average molecular weight is 320 g/mol. The lowest BCUT2D eigenvalue weighted by Gasteiger charge is -2.00. The maximum atomic E-state index is 11.4. The Morgan fingerprint density at radius 3 is 2.57 bits per heavy atom. The quantitative estimate of drug-likeness (QED) is 0.476. The second-order valence-electron chi connectivity index (χ2n) is 2.70. The molecule has 0 bridgehead atoms. The second kappa shape index (κ2) is 4.80. The maximum Gasteiger partial charge on any atom is 0.220 e. The van der Waals surface area contributed by atoms with Gasteiger partial charge in [-0.1, -0.05) is 24.1 Å². The van der Waals surface area contributed by atoms with Gasteiger partial charge in [0.05, 0.1) is 5.75 Å². The number of hydrogen-bond donors (Lipinski definition) is 0. The Kier molecular flexibility index (Phi) is 3.96. The molecule has 74 valence electrons. The standard InChI is InChI=1S/C10H9IO2S/c1-2-7-14(12,13)8-9-5-3-4-6-10(9)11/h3-6H,8H2,1H3. The molecule has 1 aromatic rings. The Labute approximate surface area is 97.8 Å². The highest BCUT2D eigenvalue weighted by atomic mass is 127. The monoisotopic (exact) mass is 320 g/mol. The van der Waals surface area contributed by atoms with Crippen LogP contribution in [0.4, 0.5) is 0 Å². The molecular formula is C10H9IO2S. The van der Waals surface area contributed by atoms with Gasteiger partial charge in [-0.25, -0.2) is 8.42 Å². The number of sulfone groups is 1. The lowest BCUT2D eigenvalue weighted by Crippen LogP contribution is -2.01. The van der Waals surface area contributed by atoms with Crippen LogP contribution in [0.3, 0.4) is 0 Å². The Bertz CT molecular complexity index is 480. The number of hydrogen-bond acceptors (Lipinski definition) is 2. The fourth-order valence-electron chi connectivity index (χ4n) is 1.01. The largest absolute Gasteiger partial charge is 0.220 e. The van der Waals surface area contributed by atoms with Crippen LogP contribution in [0.15, 0.2) is 24.3 Å². The summed E-state index contributed by atoms with van der Waals surface area (Å²) in [6.07, 6.45) is 0. The summed E-state index contributed by atoms with van der Waals surface area (Å²) in [7, 11) is -3.27. The molecule has 0 aliphatic carbocycles. The van der Waals surface area contributed by atoms with E-state index in [-0.39, 0.29) is 5.75 Å². The summed E-state index contributed by atoms with van der Waals surface area (Å²) in [4.78, 5) is 0. The minimum atomic E-state index is -3.27. The summed E-state index contributed by atoms with van der Waals surface area (Å²) < 4.78 is 23.7. The van der Waals surface area contributed by atoms with Crippen LogP contribution >= 0.6 is 22.6 Å². The van der Waals surface area contributed by atoms with Gasteiger partial charge in [-0.3, -0.25) is 0 Å². The molecule has 0 aliphatic rings. The third-order valence-electron chi connectivity index (χ3n) is 1.56. The molecular weight excluding hydrogens is 311 g/mol. The molecule has 1 rings (SSSR count). The molecule has 0 amide bonds. The van der Waals surface area contributed by atoms with Crippen molar-refractivity contribution in [1.29, 1.82) is 0 Å². The molecule has 0 saturated heterocycles. The molecule has 14 heavy (non-hydrogen) atoms. The van der Waals surface area contributed by atoms with Gasteiger partial charge in [0.25, 0.3) is 0 Å². The van der Waals surface area contributed by atoms with E-state index in [9.17, 15) is 8.42 Å². The first-order valence-electron chi connectivity index (χ1n) is 3.95. The van der Waals surface area contributed by atoms with Gasteiger partial charge >= 0.3 is 0 Å². The van der Waals surface area contributed by atoms with Crippen LogP contribution in [0.5, 0.6) is 0 Å². The zero-order valence-corrected chi connectivity index (χ0v) is 10.6. The van der Waals surface area contributed by atoms with Crippen molar-refractivity contribution in [2.45, 2.75) is 12.7 Å². The van der Waals surface area contributed by atoms with Crippen LogP contribution in [-0.2, 0) is 15.6 Å². The Hall–Kier alpha value is -0.540. The molecule has 0 atom stereocenters. The van der Waals surface area contributed by atoms with E-state index in [0.717, 1.165) is 9.13 Å².